The summed E-state index contributed by atoms with van der Waals surface area (Å²) in [5, 5.41) is 21.6. The number of hydrogen-bond donors (Lipinski definition) is 1. The topological polar surface area (TPSA) is 89.2 Å². The average Bonchev–Trinajstić information content (AvgIpc) is 2.67. The van der Waals surface area contributed by atoms with E-state index < -0.39 is 0 Å². The number of hydrogen-bond acceptors (Lipinski definition) is 5. The zero-order chi connectivity index (χ0) is 18.1. The van der Waals surface area contributed by atoms with Gasteiger partial charge in [0.2, 0.25) is 5.91 Å². The molecule has 1 aromatic rings. The van der Waals surface area contributed by atoms with Crippen LogP contribution >= 0.6 is 0 Å². The normalized spacial score (nSPS) is 14.6. The number of para-hydroxylation sites is 1. The van der Waals surface area contributed by atoms with Gasteiger partial charge in [-0.25, -0.2) is 0 Å². The van der Waals surface area contributed by atoms with Crippen molar-refractivity contribution in [2.24, 2.45) is 5.92 Å². The molecule has 0 aromatic heterocycles. The molecule has 2 rings (SSSR count). The molecular formula is C19H24N4O2. The first kappa shape index (κ1) is 18.8. The molecule has 0 radical (unpaired) electrons. The summed E-state index contributed by atoms with van der Waals surface area (Å²) in [5.41, 5.74) is 1.72. The quantitative estimate of drug-likeness (QED) is 0.769. The Bertz CT molecular complexity index is 635. The molecular weight excluding hydrogens is 316 g/mol. The summed E-state index contributed by atoms with van der Waals surface area (Å²) in [4.78, 5) is 14.3. The van der Waals surface area contributed by atoms with Crippen molar-refractivity contribution >= 4 is 11.6 Å². The van der Waals surface area contributed by atoms with Gasteiger partial charge in [0.05, 0.1) is 16.8 Å². The lowest BCUT2D eigenvalue weighted by Gasteiger charge is -2.34. The lowest BCUT2D eigenvalue weighted by Crippen LogP contribution is -2.41. The maximum absolute atomic E-state index is 12.2. The standard InChI is InChI=1S/C19H24N4O2/c1-2-25-12-4-9-22-19(24)15-7-10-23(11-8-15)18-16(13-20)5-3-6-17(18)14-21/h3,5-6,15H,2,4,7-12H2,1H3,(H,22,24). The summed E-state index contributed by atoms with van der Waals surface area (Å²) < 4.78 is 5.26. The average molecular weight is 340 g/mol. The van der Waals surface area contributed by atoms with E-state index >= 15 is 0 Å². The van der Waals surface area contributed by atoms with E-state index in [1.165, 1.54) is 0 Å². The van der Waals surface area contributed by atoms with Crippen molar-refractivity contribution in [2.45, 2.75) is 26.2 Å². The van der Waals surface area contributed by atoms with Crippen molar-refractivity contribution in [1.29, 1.82) is 10.5 Å². The fourth-order valence-electron chi connectivity index (χ4n) is 3.10. The van der Waals surface area contributed by atoms with Crippen LogP contribution in [0.1, 0.15) is 37.3 Å². The minimum atomic E-state index is -0.0110. The predicted octanol–water partition coefficient (Wildman–Crippen LogP) is 2.19. The molecule has 1 fully saturated rings. The molecule has 1 saturated heterocycles. The van der Waals surface area contributed by atoms with E-state index in [2.05, 4.69) is 22.4 Å². The van der Waals surface area contributed by atoms with E-state index in [0.29, 0.717) is 49.7 Å². The molecule has 1 aliphatic rings. The molecule has 0 spiro atoms. The van der Waals surface area contributed by atoms with Crippen molar-refractivity contribution < 1.29 is 9.53 Å². The van der Waals surface area contributed by atoms with E-state index in [1.54, 1.807) is 18.2 Å². The van der Waals surface area contributed by atoms with Crippen LogP contribution in [0.15, 0.2) is 18.2 Å². The smallest absolute Gasteiger partial charge is 0.223 e. The monoisotopic (exact) mass is 340 g/mol. The molecule has 25 heavy (non-hydrogen) atoms. The Morgan fingerprint density at radius 3 is 2.48 bits per heavy atom. The number of ether oxygens (including phenoxy) is 1. The molecule has 0 bridgehead atoms. The predicted molar refractivity (Wildman–Crippen MR) is 94.9 cm³/mol. The molecule has 1 aromatic carbocycles. The fraction of sp³-hybridized carbons (Fsp3) is 0.526. The number of amides is 1. The van der Waals surface area contributed by atoms with Gasteiger partial charge in [0.15, 0.2) is 0 Å². The summed E-state index contributed by atoms with van der Waals surface area (Å²) >= 11 is 0. The Balaban J connectivity index is 1.89. The molecule has 0 unspecified atom stereocenters. The van der Waals surface area contributed by atoms with E-state index in [-0.39, 0.29) is 11.8 Å². The van der Waals surface area contributed by atoms with Crippen molar-refractivity contribution in [1.82, 2.24) is 5.32 Å². The molecule has 0 atom stereocenters. The Morgan fingerprint density at radius 1 is 1.28 bits per heavy atom. The maximum atomic E-state index is 12.2. The second-order valence-corrected chi connectivity index (χ2v) is 6.03. The van der Waals surface area contributed by atoms with Crippen molar-refractivity contribution in [3.05, 3.63) is 29.3 Å². The molecule has 0 aliphatic carbocycles. The van der Waals surface area contributed by atoms with Gasteiger partial charge in [0.25, 0.3) is 0 Å². The van der Waals surface area contributed by atoms with Gasteiger partial charge in [-0.1, -0.05) is 6.07 Å². The fourth-order valence-corrected chi connectivity index (χ4v) is 3.10. The first-order valence-corrected chi connectivity index (χ1v) is 8.74. The van der Waals surface area contributed by atoms with Crippen LogP contribution in [0.3, 0.4) is 0 Å². The molecule has 1 N–H and O–H groups in total. The summed E-state index contributed by atoms with van der Waals surface area (Å²) in [6.07, 6.45) is 2.27. The van der Waals surface area contributed by atoms with Crippen LogP contribution in [0, 0.1) is 28.6 Å². The summed E-state index contributed by atoms with van der Waals surface area (Å²) in [5.74, 6) is 0.0772. The van der Waals surface area contributed by atoms with E-state index in [1.807, 2.05) is 6.92 Å². The minimum Gasteiger partial charge on any atom is -0.382 e. The summed E-state index contributed by atoms with van der Waals surface area (Å²) in [7, 11) is 0. The summed E-state index contributed by atoms with van der Waals surface area (Å²) in [6, 6.07) is 9.51. The second-order valence-electron chi connectivity index (χ2n) is 6.03. The molecule has 1 amide bonds. The van der Waals surface area contributed by atoms with Crippen LogP contribution in [0.4, 0.5) is 5.69 Å². The number of benzene rings is 1. The Labute approximate surface area is 149 Å². The third-order valence-corrected chi connectivity index (χ3v) is 4.43. The van der Waals surface area contributed by atoms with Gasteiger partial charge in [-0.05, 0) is 38.3 Å². The number of nitrogens with zero attached hydrogens (tertiary/aromatic N) is 3. The minimum absolute atomic E-state index is 0.0110. The van der Waals surface area contributed by atoms with Crippen LogP contribution < -0.4 is 10.2 Å². The molecule has 1 aliphatic heterocycles. The number of nitrogens with one attached hydrogen (secondary N) is 1. The van der Waals surface area contributed by atoms with Crippen LogP contribution in [-0.2, 0) is 9.53 Å². The van der Waals surface area contributed by atoms with Gasteiger partial charge >= 0.3 is 0 Å². The van der Waals surface area contributed by atoms with E-state index in [4.69, 9.17) is 4.74 Å². The zero-order valence-electron chi connectivity index (χ0n) is 14.6. The highest BCUT2D eigenvalue weighted by Crippen LogP contribution is 2.29. The third kappa shape index (κ3) is 4.95. The number of piperidine rings is 1. The van der Waals surface area contributed by atoms with Gasteiger partial charge in [-0.2, -0.15) is 10.5 Å². The molecule has 6 nitrogen and oxygen atoms in total. The SMILES string of the molecule is CCOCCCNC(=O)C1CCN(c2c(C#N)cccc2C#N)CC1. The van der Waals surface area contributed by atoms with Crippen LogP contribution in [0.2, 0.25) is 0 Å². The molecule has 132 valence electrons. The van der Waals surface area contributed by atoms with Crippen LogP contribution in [0.5, 0.6) is 0 Å². The highest BCUT2D eigenvalue weighted by molar-refractivity contribution is 5.79. The highest BCUT2D eigenvalue weighted by Gasteiger charge is 2.27. The summed E-state index contributed by atoms with van der Waals surface area (Å²) in [6.45, 7) is 5.29. The largest absolute Gasteiger partial charge is 0.382 e. The van der Waals surface area contributed by atoms with E-state index in [0.717, 1.165) is 19.3 Å². The zero-order valence-corrected chi connectivity index (χ0v) is 14.6. The van der Waals surface area contributed by atoms with Crippen LogP contribution in [0.25, 0.3) is 0 Å². The van der Waals surface area contributed by atoms with Gasteiger partial charge in [-0.15, -0.1) is 0 Å². The number of carbonyl (C=O) groups excluding carboxylic acids is 1. The first-order chi connectivity index (χ1) is 12.2. The van der Waals surface area contributed by atoms with Gasteiger partial charge in [-0.3, -0.25) is 4.79 Å². The van der Waals surface area contributed by atoms with E-state index in [9.17, 15) is 15.3 Å². The van der Waals surface area contributed by atoms with Crippen molar-refractivity contribution in [2.75, 3.05) is 37.7 Å². The number of carbonyl (C=O) groups is 1. The second kappa shape index (κ2) is 9.66. The molecule has 6 heteroatoms. The molecule has 0 saturated carbocycles. The lowest BCUT2D eigenvalue weighted by atomic mass is 9.94. The Hall–Kier alpha value is -2.57. The molecule has 1 heterocycles. The first-order valence-electron chi connectivity index (χ1n) is 8.74. The maximum Gasteiger partial charge on any atom is 0.223 e. The van der Waals surface area contributed by atoms with Crippen molar-refractivity contribution in [3.8, 4) is 12.1 Å². The van der Waals surface area contributed by atoms with Crippen molar-refractivity contribution in [3.63, 3.8) is 0 Å². The number of anilines is 1. The lowest BCUT2D eigenvalue weighted by molar-refractivity contribution is -0.125. The van der Waals surface area contributed by atoms with Gasteiger partial charge < -0.3 is 15.0 Å². The number of rotatable bonds is 7. The third-order valence-electron chi connectivity index (χ3n) is 4.43. The Kier molecular flexibility index (Phi) is 7.25. The highest BCUT2D eigenvalue weighted by atomic mass is 16.5. The Morgan fingerprint density at radius 2 is 1.92 bits per heavy atom. The van der Waals surface area contributed by atoms with Gasteiger partial charge in [0, 0.05) is 38.8 Å². The van der Waals surface area contributed by atoms with Gasteiger partial charge in [0.1, 0.15) is 12.1 Å². The van der Waals surface area contributed by atoms with Crippen LogP contribution in [-0.4, -0.2) is 38.8 Å². The number of nitriles is 2.